The first kappa shape index (κ1) is 17.7. The van der Waals surface area contributed by atoms with Crippen LogP contribution in [0.25, 0.3) is 21.3 Å². The zero-order chi connectivity index (χ0) is 18.4. The summed E-state index contributed by atoms with van der Waals surface area (Å²) in [4.78, 5) is 12.7. The average Bonchev–Trinajstić information content (AvgIpc) is 2.98. The maximum Gasteiger partial charge on any atom is 0.225 e. The number of fused-ring (bicyclic) bond motifs is 1. The van der Waals surface area contributed by atoms with Gasteiger partial charge in [0.25, 0.3) is 0 Å². The lowest BCUT2D eigenvalue weighted by atomic mass is 9.95. The number of benzene rings is 1. The van der Waals surface area contributed by atoms with Crippen molar-refractivity contribution in [2.45, 2.75) is 59.0 Å². The standard InChI is InChI=1S/C21H24ClN3S/c1-12-8-9-16(13(2)10-12)17-11-26-20-18(17)19(23-21(22)24-20)25-14(3)6-5-7-15(25)4/h8-11,14-15H,5-7H2,1-4H3. The predicted molar refractivity (Wildman–Crippen MR) is 113 cm³/mol. The van der Waals surface area contributed by atoms with Crippen molar-refractivity contribution in [3.63, 3.8) is 0 Å². The number of aryl methyl sites for hydroxylation is 2. The molecule has 2 unspecified atom stereocenters. The summed E-state index contributed by atoms with van der Waals surface area (Å²) in [6, 6.07) is 7.54. The second kappa shape index (κ2) is 6.82. The van der Waals surface area contributed by atoms with Crippen molar-refractivity contribution in [3.05, 3.63) is 40.0 Å². The van der Waals surface area contributed by atoms with Gasteiger partial charge in [-0.25, -0.2) is 4.98 Å². The molecular weight excluding hydrogens is 362 g/mol. The largest absolute Gasteiger partial charge is 0.351 e. The molecule has 0 amide bonds. The third kappa shape index (κ3) is 2.99. The van der Waals surface area contributed by atoms with E-state index in [1.54, 1.807) is 11.3 Å². The van der Waals surface area contributed by atoms with E-state index in [1.165, 1.54) is 41.5 Å². The van der Waals surface area contributed by atoms with Crippen LogP contribution in [0.1, 0.15) is 44.2 Å². The molecular formula is C21H24ClN3S. The molecule has 0 N–H and O–H groups in total. The molecule has 1 aliphatic heterocycles. The number of rotatable bonds is 2. The summed E-state index contributed by atoms with van der Waals surface area (Å²) in [6.07, 6.45) is 3.65. The number of anilines is 1. The summed E-state index contributed by atoms with van der Waals surface area (Å²) in [5, 5.41) is 3.69. The van der Waals surface area contributed by atoms with Crippen LogP contribution in [0.3, 0.4) is 0 Å². The van der Waals surface area contributed by atoms with Crippen LogP contribution < -0.4 is 4.90 Å². The normalized spacial score (nSPS) is 20.7. The molecule has 3 aromatic rings. The highest BCUT2D eigenvalue weighted by Gasteiger charge is 2.29. The van der Waals surface area contributed by atoms with Gasteiger partial charge in [-0.2, -0.15) is 4.98 Å². The van der Waals surface area contributed by atoms with E-state index >= 15 is 0 Å². The Morgan fingerprint density at radius 1 is 1.08 bits per heavy atom. The lowest BCUT2D eigenvalue weighted by Crippen LogP contribution is -2.44. The van der Waals surface area contributed by atoms with Crippen molar-refractivity contribution < 1.29 is 0 Å². The lowest BCUT2D eigenvalue weighted by Gasteiger charge is -2.40. The van der Waals surface area contributed by atoms with Crippen LogP contribution in [-0.4, -0.2) is 22.1 Å². The Hall–Kier alpha value is -1.65. The van der Waals surface area contributed by atoms with Gasteiger partial charge in [0, 0.05) is 23.0 Å². The molecule has 1 fully saturated rings. The van der Waals surface area contributed by atoms with E-state index in [1.807, 2.05) is 0 Å². The van der Waals surface area contributed by atoms with Gasteiger partial charge in [0.2, 0.25) is 5.28 Å². The molecule has 0 radical (unpaired) electrons. The van der Waals surface area contributed by atoms with Gasteiger partial charge in [-0.1, -0.05) is 23.8 Å². The van der Waals surface area contributed by atoms with E-state index in [9.17, 15) is 0 Å². The monoisotopic (exact) mass is 385 g/mol. The highest BCUT2D eigenvalue weighted by atomic mass is 35.5. The first-order valence-electron chi connectivity index (χ1n) is 9.26. The summed E-state index contributed by atoms with van der Waals surface area (Å²) >= 11 is 7.96. The number of halogens is 1. The molecule has 4 rings (SSSR count). The fourth-order valence-corrected chi connectivity index (χ4v) is 5.39. The number of thiophene rings is 1. The van der Waals surface area contributed by atoms with Crippen LogP contribution in [-0.2, 0) is 0 Å². The minimum atomic E-state index is 0.339. The summed E-state index contributed by atoms with van der Waals surface area (Å²) < 4.78 is 0. The third-order valence-corrected chi connectivity index (χ3v) is 6.54. The Kier molecular flexibility index (Phi) is 4.66. The second-order valence-electron chi connectivity index (χ2n) is 7.50. The molecule has 26 heavy (non-hydrogen) atoms. The van der Waals surface area contributed by atoms with Crippen LogP contribution in [0.5, 0.6) is 0 Å². The van der Waals surface area contributed by atoms with E-state index in [4.69, 9.17) is 16.6 Å². The number of hydrogen-bond acceptors (Lipinski definition) is 4. The Bertz CT molecular complexity index is 955. The number of nitrogens with zero attached hydrogens (tertiary/aromatic N) is 3. The van der Waals surface area contributed by atoms with Crippen LogP contribution in [0.15, 0.2) is 23.6 Å². The lowest BCUT2D eigenvalue weighted by molar-refractivity contribution is 0.412. The summed E-state index contributed by atoms with van der Waals surface area (Å²) in [6.45, 7) is 8.89. The van der Waals surface area contributed by atoms with Crippen molar-refractivity contribution in [2.75, 3.05) is 4.90 Å². The Morgan fingerprint density at radius 3 is 2.50 bits per heavy atom. The Labute approximate surface area is 164 Å². The quantitative estimate of drug-likeness (QED) is 0.478. The van der Waals surface area contributed by atoms with E-state index < -0.39 is 0 Å². The van der Waals surface area contributed by atoms with Gasteiger partial charge in [-0.05, 0) is 69.7 Å². The zero-order valence-electron chi connectivity index (χ0n) is 15.7. The van der Waals surface area contributed by atoms with Gasteiger partial charge < -0.3 is 4.90 Å². The molecule has 2 aromatic heterocycles. The molecule has 5 heteroatoms. The van der Waals surface area contributed by atoms with Crippen LogP contribution in [0.4, 0.5) is 5.82 Å². The zero-order valence-corrected chi connectivity index (χ0v) is 17.3. The second-order valence-corrected chi connectivity index (χ2v) is 8.70. The number of aromatic nitrogens is 2. The average molecular weight is 386 g/mol. The molecule has 1 aliphatic rings. The molecule has 2 atom stereocenters. The Balaban J connectivity index is 1.97. The molecule has 0 spiro atoms. The molecule has 0 aliphatic carbocycles. The van der Waals surface area contributed by atoms with Crippen LogP contribution in [0, 0.1) is 13.8 Å². The fourth-order valence-electron chi connectivity index (χ4n) is 4.24. The highest BCUT2D eigenvalue weighted by Crippen LogP contribution is 2.42. The molecule has 3 heterocycles. The predicted octanol–water partition coefficient (Wildman–Crippen LogP) is 6.40. The SMILES string of the molecule is Cc1ccc(-c2csc3nc(Cl)nc(N4C(C)CCCC4C)c23)c(C)c1. The third-order valence-electron chi connectivity index (χ3n) is 5.50. The topological polar surface area (TPSA) is 29.0 Å². The summed E-state index contributed by atoms with van der Waals surface area (Å²) in [5.41, 5.74) is 5.04. The summed E-state index contributed by atoms with van der Waals surface area (Å²) in [5.74, 6) is 0.996. The van der Waals surface area contributed by atoms with Crippen molar-refractivity contribution in [1.29, 1.82) is 0 Å². The maximum atomic E-state index is 6.30. The molecule has 3 nitrogen and oxygen atoms in total. The van der Waals surface area contributed by atoms with Gasteiger partial charge >= 0.3 is 0 Å². The smallest absolute Gasteiger partial charge is 0.225 e. The van der Waals surface area contributed by atoms with E-state index in [0.717, 1.165) is 16.0 Å². The van der Waals surface area contributed by atoms with Crippen molar-refractivity contribution >= 4 is 39.0 Å². The van der Waals surface area contributed by atoms with E-state index in [-0.39, 0.29) is 0 Å². The molecule has 136 valence electrons. The first-order chi connectivity index (χ1) is 12.5. The molecule has 0 saturated carbocycles. The molecule has 1 aromatic carbocycles. The number of piperidine rings is 1. The maximum absolute atomic E-state index is 6.30. The molecule has 1 saturated heterocycles. The molecule has 0 bridgehead atoms. The van der Waals surface area contributed by atoms with Gasteiger partial charge in [0.15, 0.2) is 0 Å². The Morgan fingerprint density at radius 2 is 1.81 bits per heavy atom. The van der Waals surface area contributed by atoms with Crippen molar-refractivity contribution in [3.8, 4) is 11.1 Å². The van der Waals surface area contributed by atoms with Crippen LogP contribution in [0.2, 0.25) is 5.28 Å². The van der Waals surface area contributed by atoms with Crippen molar-refractivity contribution in [1.82, 2.24) is 9.97 Å². The van der Waals surface area contributed by atoms with E-state index in [0.29, 0.717) is 17.4 Å². The highest BCUT2D eigenvalue weighted by molar-refractivity contribution is 7.17. The van der Waals surface area contributed by atoms with Gasteiger partial charge in [0.05, 0.1) is 5.39 Å². The first-order valence-corrected chi connectivity index (χ1v) is 10.5. The summed E-state index contributed by atoms with van der Waals surface area (Å²) in [7, 11) is 0. The minimum absolute atomic E-state index is 0.339. The van der Waals surface area contributed by atoms with E-state index in [2.05, 4.69) is 61.2 Å². The number of hydrogen-bond donors (Lipinski definition) is 0. The van der Waals surface area contributed by atoms with Gasteiger partial charge in [-0.3, -0.25) is 0 Å². The van der Waals surface area contributed by atoms with Gasteiger partial charge in [-0.15, -0.1) is 11.3 Å². The van der Waals surface area contributed by atoms with Gasteiger partial charge in [0.1, 0.15) is 10.6 Å². The fraction of sp³-hybridized carbons (Fsp3) is 0.429. The minimum Gasteiger partial charge on any atom is -0.351 e. The van der Waals surface area contributed by atoms with Crippen LogP contribution >= 0.6 is 22.9 Å². The van der Waals surface area contributed by atoms with Crippen molar-refractivity contribution in [2.24, 2.45) is 0 Å².